The molecular formula is C16H18Br2N6. The molecule has 0 fully saturated rings. The number of fused-ring (bicyclic) bond motifs is 1. The third-order valence-corrected chi connectivity index (χ3v) is 5.00. The molecule has 0 unspecified atom stereocenters. The van der Waals surface area contributed by atoms with Gasteiger partial charge in [0, 0.05) is 17.9 Å². The Hall–Kier alpha value is -1.54. The van der Waals surface area contributed by atoms with Crippen LogP contribution < -0.4 is 5.32 Å². The first-order valence-electron chi connectivity index (χ1n) is 7.64. The van der Waals surface area contributed by atoms with E-state index >= 15 is 0 Å². The maximum Gasteiger partial charge on any atom is 0.147 e. The maximum atomic E-state index is 4.67. The van der Waals surface area contributed by atoms with E-state index in [4.69, 9.17) is 0 Å². The van der Waals surface area contributed by atoms with Gasteiger partial charge in [-0.15, -0.1) is 0 Å². The second-order valence-electron chi connectivity index (χ2n) is 5.88. The first kappa shape index (κ1) is 17.3. The highest BCUT2D eigenvalue weighted by Crippen LogP contribution is 2.37. The molecule has 3 aromatic rings. The maximum absolute atomic E-state index is 4.67. The van der Waals surface area contributed by atoms with Gasteiger partial charge in [-0.3, -0.25) is 4.68 Å². The Bertz CT molecular complexity index is 903. The summed E-state index contributed by atoms with van der Waals surface area (Å²) in [7, 11) is 0. The highest BCUT2D eigenvalue weighted by Gasteiger charge is 2.19. The van der Waals surface area contributed by atoms with Crippen molar-refractivity contribution in [2.24, 2.45) is 0 Å². The number of anilines is 1. The number of pyridine rings is 1. The fourth-order valence-corrected chi connectivity index (χ4v) is 4.00. The molecule has 0 aromatic carbocycles. The molecule has 0 spiro atoms. The van der Waals surface area contributed by atoms with Crippen molar-refractivity contribution in [1.29, 1.82) is 0 Å². The lowest BCUT2D eigenvalue weighted by atomic mass is 10.3. The second kappa shape index (κ2) is 6.76. The lowest BCUT2D eigenvalue weighted by Gasteiger charge is -2.13. The van der Waals surface area contributed by atoms with E-state index in [0.29, 0.717) is 6.54 Å². The molecule has 0 radical (unpaired) electrons. The largest absolute Gasteiger partial charge is 0.375 e. The van der Waals surface area contributed by atoms with Gasteiger partial charge in [0.05, 0.1) is 22.4 Å². The summed E-state index contributed by atoms with van der Waals surface area (Å²) in [5.74, 6) is 0.738. The van der Waals surface area contributed by atoms with Gasteiger partial charge in [-0.1, -0.05) is 0 Å². The molecule has 0 aliphatic rings. The van der Waals surface area contributed by atoms with Gasteiger partial charge in [0.2, 0.25) is 0 Å². The number of halogens is 2. The number of hydrogen-bond donors (Lipinski definition) is 1. The van der Waals surface area contributed by atoms with Crippen LogP contribution in [0.4, 0.5) is 5.69 Å². The summed E-state index contributed by atoms with van der Waals surface area (Å²) in [5, 5.41) is 7.98. The molecule has 0 saturated heterocycles. The summed E-state index contributed by atoms with van der Waals surface area (Å²) in [6.07, 6.45) is 1.77. The zero-order chi connectivity index (χ0) is 17.4. The van der Waals surface area contributed by atoms with Crippen molar-refractivity contribution < 1.29 is 0 Å². The lowest BCUT2D eigenvalue weighted by Crippen LogP contribution is -2.08. The molecule has 1 N–H and O–H groups in total. The van der Waals surface area contributed by atoms with Gasteiger partial charge in [0.25, 0.3) is 0 Å². The summed E-state index contributed by atoms with van der Waals surface area (Å²) in [4.78, 5) is 13.4. The van der Waals surface area contributed by atoms with Gasteiger partial charge in [0.1, 0.15) is 21.5 Å². The normalized spacial score (nSPS) is 11.5. The Balaban J connectivity index is 2.03. The van der Waals surface area contributed by atoms with Crippen LogP contribution >= 0.6 is 31.9 Å². The molecule has 0 aliphatic carbocycles. The Morgan fingerprint density at radius 1 is 1.21 bits per heavy atom. The van der Waals surface area contributed by atoms with Crippen molar-refractivity contribution >= 4 is 48.6 Å². The third kappa shape index (κ3) is 3.17. The molecule has 0 aliphatic heterocycles. The van der Waals surface area contributed by atoms with E-state index in [9.17, 15) is 0 Å². The third-order valence-electron chi connectivity index (χ3n) is 3.65. The topological polar surface area (TPSA) is 68.5 Å². The van der Waals surface area contributed by atoms with Crippen LogP contribution in [0.2, 0.25) is 0 Å². The van der Waals surface area contributed by atoms with Gasteiger partial charge >= 0.3 is 0 Å². The summed E-state index contributed by atoms with van der Waals surface area (Å²) < 4.78 is 3.66. The summed E-state index contributed by atoms with van der Waals surface area (Å²) in [6.45, 7) is 8.65. The Morgan fingerprint density at radius 3 is 2.62 bits per heavy atom. The van der Waals surface area contributed by atoms with E-state index in [0.717, 1.165) is 43.0 Å². The standard InChI is InChI=1S/C16H18Br2N6/c1-8(2)24-15-12(17)14(16(18)22-13(15)10(4)23-24)20-7-11-19-6-5-9(3)21-11/h5-6,8,20H,7H2,1-4H3. The molecule has 0 bridgehead atoms. The van der Waals surface area contributed by atoms with Gasteiger partial charge in [0.15, 0.2) is 0 Å². The average Bonchev–Trinajstić information content (AvgIpc) is 2.84. The molecule has 126 valence electrons. The van der Waals surface area contributed by atoms with Crippen LogP contribution in [-0.4, -0.2) is 24.7 Å². The van der Waals surface area contributed by atoms with E-state index in [-0.39, 0.29) is 6.04 Å². The fourth-order valence-electron chi connectivity index (χ4n) is 2.52. The molecule has 3 aromatic heterocycles. The minimum absolute atomic E-state index is 0.244. The molecule has 3 rings (SSSR count). The van der Waals surface area contributed by atoms with Crippen LogP contribution in [0.3, 0.4) is 0 Å². The van der Waals surface area contributed by atoms with Gasteiger partial charge in [-0.25, -0.2) is 15.0 Å². The highest BCUT2D eigenvalue weighted by molar-refractivity contribution is 9.11. The van der Waals surface area contributed by atoms with Crippen molar-refractivity contribution in [2.75, 3.05) is 5.32 Å². The Labute approximate surface area is 157 Å². The van der Waals surface area contributed by atoms with Crippen molar-refractivity contribution in [3.8, 4) is 0 Å². The quantitative estimate of drug-likeness (QED) is 0.586. The summed E-state index contributed by atoms with van der Waals surface area (Å²) in [5.41, 5.74) is 4.60. The minimum atomic E-state index is 0.244. The van der Waals surface area contributed by atoms with Crippen molar-refractivity contribution in [3.05, 3.63) is 38.6 Å². The number of nitrogens with one attached hydrogen (secondary N) is 1. The predicted molar refractivity (Wildman–Crippen MR) is 102 cm³/mol. The van der Waals surface area contributed by atoms with Crippen molar-refractivity contribution in [2.45, 2.75) is 40.3 Å². The van der Waals surface area contributed by atoms with Gasteiger partial charge in [-0.2, -0.15) is 5.10 Å². The molecule has 24 heavy (non-hydrogen) atoms. The number of aryl methyl sites for hydroxylation is 2. The summed E-state index contributed by atoms with van der Waals surface area (Å²) >= 11 is 7.27. The van der Waals surface area contributed by atoms with Gasteiger partial charge < -0.3 is 5.32 Å². The molecule has 0 amide bonds. The number of aromatic nitrogens is 5. The van der Waals surface area contributed by atoms with E-state index in [1.54, 1.807) is 6.20 Å². The zero-order valence-corrected chi connectivity index (χ0v) is 17.1. The van der Waals surface area contributed by atoms with Crippen LogP contribution in [0.1, 0.15) is 37.1 Å². The number of nitrogens with zero attached hydrogens (tertiary/aromatic N) is 5. The van der Waals surface area contributed by atoms with E-state index in [1.165, 1.54) is 0 Å². The van der Waals surface area contributed by atoms with Gasteiger partial charge in [-0.05, 0) is 65.6 Å². The number of rotatable bonds is 4. The first-order valence-corrected chi connectivity index (χ1v) is 9.23. The second-order valence-corrected chi connectivity index (χ2v) is 7.42. The predicted octanol–water partition coefficient (Wildman–Crippen LogP) is 4.56. The zero-order valence-electron chi connectivity index (χ0n) is 13.9. The SMILES string of the molecule is Cc1ccnc(CNc2c(Br)nc3c(C)nn(C(C)C)c3c2Br)n1. The van der Waals surface area contributed by atoms with Crippen LogP contribution in [0.15, 0.2) is 21.3 Å². The molecule has 0 atom stereocenters. The highest BCUT2D eigenvalue weighted by atomic mass is 79.9. The molecule has 8 heteroatoms. The summed E-state index contributed by atoms with van der Waals surface area (Å²) in [6, 6.07) is 2.13. The monoisotopic (exact) mass is 452 g/mol. The smallest absolute Gasteiger partial charge is 0.147 e. The van der Waals surface area contributed by atoms with Crippen LogP contribution in [0.25, 0.3) is 11.0 Å². The van der Waals surface area contributed by atoms with Crippen LogP contribution in [0.5, 0.6) is 0 Å². The van der Waals surface area contributed by atoms with E-state index in [1.807, 2.05) is 24.6 Å². The average molecular weight is 454 g/mol. The fraction of sp³-hybridized carbons (Fsp3) is 0.375. The molecule has 0 saturated carbocycles. The molecular weight excluding hydrogens is 436 g/mol. The van der Waals surface area contributed by atoms with Crippen LogP contribution in [-0.2, 0) is 6.54 Å². The lowest BCUT2D eigenvalue weighted by molar-refractivity contribution is 0.546. The Morgan fingerprint density at radius 2 is 1.96 bits per heavy atom. The van der Waals surface area contributed by atoms with Crippen molar-refractivity contribution in [1.82, 2.24) is 24.7 Å². The van der Waals surface area contributed by atoms with Crippen LogP contribution in [0, 0.1) is 13.8 Å². The first-order chi connectivity index (χ1) is 11.4. The Kier molecular flexibility index (Phi) is 4.87. The molecule has 3 heterocycles. The van der Waals surface area contributed by atoms with E-state index < -0.39 is 0 Å². The molecule has 6 nitrogen and oxygen atoms in total. The number of hydrogen-bond acceptors (Lipinski definition) is 5. The van der Waals surface area contributed by atoms with E-state index in [2.05, 4.69) is 71.1 Å². The van der Waals surface area contributed by atoms with Crippen molar-refractivity contribution in [3.63, 3.8) is 0 Å². The minimum Gasteiger partial charge on any atom is -0.375 e.